The molecule has 0 radical (unpaired) electrons. The van der Waals surface area contributed by atoms with Crippen LogP contribution in [0.4, 0.5) is 0 Å². The molecule has 0 spiro atoms. The molecule has 2 aromatic carbocycles. The van der Waals surface area contributed by atoms with Crippen molar-refractivity contribution in [1.82, 2.24) is 0 Å². The van der Waals surface area contributed by atoms with E-state index in [2.05, 4.69) is 31.2 Å². The molecule has 1 saturated carbocycles. The van der Waals surface area contributed by atoms with E-state index >= 15 is 0 Å². The summed E-state index contributed by atoms with van der Waals surface area (Å²) in [5.41, 5.74) is 2.29. The van der Waals surface area contributed by atoms with E-state index in [1.165, 1.54) is 25.7 Å². The molecule has 2 aliphatic rings. The number of aliphatic hydroxyl groups is 1. The van der Waals surface area contributed by atoms with Crippen LogP contribution in [-0.2, 0) is 32.2 Å². The standard InChI is InChI=1S/C33H48O5/c1-4-5-6-13-18-29-30(38-33(2,3)37-29)20-19-27-28(35-23-25-14-9-7-10-15-25)21-22-31(32(27)34)36-24-26-16-11-8-12-17-26/h7-12,14-17,27-32,34H,4-6,13,18-24H2,1-3H3/t27-,28-,29-,30-,31+,32+/m0/s1. The van der Waals surface area contributed by atoms with Crippen molar-refractivity contribution in [2.45, 2.75) is 128 Å². The van der Waals surface area contributed by atoms with E-state index in [1.807, 2.05) is 50.2 Å². The molecule has 0 unspecified atom stereocenters. The maximum atomic E-state index is 11.5. The average Bonchev–Trinajstić information content (AvgIpc) is 3.23. The third-order valence-electron chi connectivity index (χ3n) is 8.06. The number of benzene rings is 2. The molecular weight excluding hydrogens is 476 g/mol. The highest BCUT2D eigenvalue weighted by Gasteiger charge is 2.44. The van der Waals surface area contributed by atoms with Gasteiger partial charge in [0.2, 0.25) is 0 Å². The van der Waals surface area contributed by atoms with Crippen molar-refractivity contribution in [2.24, 2.45) is 5.92 Å². The summed E-state index contributed by atoms with van der Waals surface area (Å²) in [6.45, 7) is 7.34. The molecule has 5 nitrogen and oxygen atoms in total. The Morgan fingerprint density at radius 3 is 1.89 bits per heavy atom. The first kappa shape index (κ1) is 29.2. The zero-order chi connectivity index (χ0) is 26.8. The van der Waals surface area contributed by atoms with E-state index in [0.717, 1.165) is 43.2 Å². The van der Waals surface area contributed by atoms with Gasteiger partial charge in [0.15, 0.2) is 5.79 Å². The molecule has 2 aromatic rings. The van der Waals surface area contributed by atoms with Crippen molar-refractivity contribution < 1.29 is 24.1 Å². The number of rotatable bonds is 14. The number of hydrogen-bond donors (Lipinski definition) is 1. The van der Waals surface area contributed by atoms with Crippen molar-refractivity contribution >= 4 is 0 Å². The van der Waals surface area contributed by atoms with E-state index in [9.17, 15) is 5.11 Å². The molecule has 1 saturated heterocycles. The Labute approximate surface area is 229 Å². The maximum Gasteiger partial charge on any atom is 0.163 e. The van der Waals surface area contributed by atoms with Crippen LogP contribution in [0, 0.1) is 5.92 Å². The van der Waals surface area contributed by atoms with E-state index in [0.29, 0.717) is 13.2 Å². The summed E-state index contributed by atoms with van der Waals surface area (Å²) in [6, 6.07) is 20.5. The lowest BCUT2D eigenvalue weighted by Crippen LogP contribution is -2.47. The predicted molar refractivity (Wildman–Crippen MR) is 151 cm³/mol. The van der Waals surface area contributed by atoms with E-state index in [1.54, 1.807) is 0 Å². The van der Waals surface area contributed by atoms with Gasteiger partial charge in [-0.05, 0) is 57.1 Å². The molecule has 6 atom stereocenters. The Hall–Kier alpha value is -1.76. The molecule has 4 rings (SSSR count). The van der Waals surface area contributed by atoms with Gasteiger partial charge in [-0.15, -0.1) is 0 Å². The lowest BCUT2D eigenvalue weighted by atomic mass is 9.78. The summed E-state index contributed by atoms with van der Waals surface area (Å²) in [6.07, 6.45) is 8.62. The maximum absolute atomic E-state index is 11.5. The minimum absolute atomic E-state index is 0.0127. The van der Waals surface area contributed by atoms with E-state index in [-0.39, 0.29) is 30.3 Å². The van der Waals surface area contributed by atoms with Crippen LogP contribution in [0.15, 0.2) is 60.7 Å². The second kappa shape index (κ2) is 14.6. The number of hydrogen-bond acceptors (Lipinski definition) is 5. The number of unbranched alkanes of at least 4 members (excludes halogenated alkanes) is 3. The van der Waals surface area contributed by atoms with Gasteiger partial charge in [0.05, 0.1) is 43.7 Å². The normalized spacial score (nSPS) is 28.9. The summed E-state index contributed by atoms with van der Waals surface area (Å²) >= 11 is 0. The summed E-state index contributed by atoms with van der Waals surface area (Å²) < 4.78 is 25.4. The topological polar surface area (TPSA) is 57.2 Å². The monoisotopic (exact) mass is 524 g/mol. The first-order valence-electron chi connectivity index (χ1n) is 14.8. The molecule has 1 heterocycles. The van der Waals surface area contributed by atoms with Crippen LogP contribution in [0.3, 0.4) is 0 Å². The molecule has 0 aromatic heterocycles. The molecule has 1 aliphatic carbocycles. The second-order valence-corrected chi connectivity index (χ2v) is 11.5. The van der Waals surface area contributed by atoms with Gasteiger partial charge in [-0.1, -0.05) is 93.3 Å². The smallest absolute Gasteiger partial charge is 0.163 e. The highest BCUT2D eigenvalue weighted by Crippen LogP contribution is 2.38. The lowest BCUT2D eigenvalue weighted by Gasteiger charge is -2.40. The van der Waals surface area contributed by atoms with Crippen LogP contribution in [0.5, 0.6) is 0 Å². The molecule has 5 heteroatoms. The lowest BCUT2D eigenvalue weighted by molar-refractivity contribution is -0.154. The molecule has 0 amide bonds. The summed E-state index contributed by atoms with van der Waals surface area (Å²) in [4.78, 5) is 0. The van der Waals surface area contributed by atoms with E-state index < -0.39 is 11.9 Å². The van der Waals surface area contributed by atoms with Crippen molar-refractivity contribution in [3.05, 3.63) is 71.8 Å². The largest absolute Gasteiger partial charge is 0.390 e. The Kier molecular flexibility index (Phi) is 11.2. The fraction of sp³-hybridized carbons (Fsp3) is 0.636. The Morgan fingerprint density at radius 1 is 0.737 bits per heavy atom. The first-order valence-corrected chi connectivity index (χ1v) is 14.8. The van der Waals surface area contributed by atoms with Crippen molar-refractivity contribution in [2.75, 3.05) is 0 Å². The predicted octanol–water partition coefficient (Wildman–Crippen LogP) is 7.20. The number of ether oxygens (including phenoxy) is 4. The molecule has 0 bridgehead atoms. The minimum Gasteiger partial charge on any atom is -0.390 e. The van der Waals surface area contributed by atoms with Crippen LogP contribution in [0.1, 0.15) is 89.7 Å². The molecular formula is C33H48O5. The first-order chi connectivity index (χ1) is 18.4. The van der Waals surface area contributed by atoms with Gasteiger partial charge in [-0.25, -0.2) is 0 Å². The molecule has 2 fully saturated rings. The molecule has 210 valence electrons. The van der Waals surface area contributed by atoms with Crippen LogP contribution in [-0.4, -0.2) is 41.4 Å². The summed E-state index contributed by atoms with van der Waals surface area (Å²) in [5.74, 6) is -0.572. The van der Waals surface area contributed by atoms with Crippen LogP contribution in [0.2, 0.25) is 0 Å². The van der Waals surface area contributed by atoms with Crippen LogP contribution >= 0.6 is 0 Å². The quantitative estimate of drug-likeness (QED) is 0.265. The van der Waals surface area contributed by atoms with Gasteiger partial charge in [0.25, 0.3) is 0 Å². The molecule has 38 heavy (non-hydrogen) atoms. The molecule has 1 aliphatic heterocycles. The fourth-order valence-corrected chi connectivity index (χ4v) is 6.04. The summed E-state index contributed by atoms with van der Waals surface area (Å²) in [7, 11) is 0. The van der Waals surface area contributed by atoms with E-state index in [4.69, 9.17) is 18.9 Å². The van der Waals surface area contributed by atoms with Gasteiger partial charge < -0.3 is 24.1 Å². The average molecular weight is 525 g/mol. The van der Waals surface area contributed by atoms with Gasteiger partial charge in [0.1, 0.15) is 0 Å². The van der Waals surface area contributed by atoms with Gasteiger partial charge in [-0.3, -0.25) is 0 Å². The minimum atomic E-state index is -0.577. The van der Waals surface area contributed by atoms with Gasteiger partial charge in [0, 0.05) is 5.92 Å². The van der Waals surface area contributed by atoms with Crippen molar-refractivity contribution in [1.29, 1.82) is 0 Å². The van der Waals surface area contributed by atoms with Crippen LogP contribution in [0.25, 0.3) is 0 Å². The Morgan fingerprint density at radius 2 is 1.29 bits per heavy atom. The zero-order valence-electron chi connectivity index (χ0n) is 23.6. The Balaban J connectivity index is 1.39. The zero-order valence-corrected chi connectivity index (χ0v) is 23.6. The molecule has 1 N–H and O–H groups in total. The Bertz CT molecular complexity index is 917. The highest BCUT2D eigenvalue weighted by atomic mass is 16.7. The fourth-order valence-electron chi connectivity index (χ4n) is 6.04. The third kappa shape index (κ3) is 8.62. The van der Waals surface area contributed by atoms with Crippen molar-refractivity contribution in [3.63, 3.8) is 0 Å². The SMILES string of the molecule is CCCCCC[C@@H]1OC(C)(C)O[C@H]1CC[C@@H]1[C@@H](O)[C@H](OCc2ccccc2)CC[C@@H]1OCc1ccccc1. The highest BCUT2D eigenvalue weighted by molar-refractivity contribution is 5.14. The summed E-state index contributed by atoms with van der Waals surface area (Å²) in [5, 5.41) is 11.5. The number of aliphatic hydroxyl groups excluding tert-OH is 1. The van der Waals surface area contributed by atoms with Crippen LogP contribution < -0.4 is 0 Å². The third-order valence-corrected chi connectivity index (χ3v) is 8.06. The van der Waals surface area contributed by atoms with Crippen molar-refractivity contribution in [3.8, 4) is 0 Å². The second-order valence-electron chi connectivity index (χ2n) is 11.5. The van der Waals surface area contributed by atoms with Gasteiger partial charge in [-0.2, -0.15) is 0 Å². The van der Waals surface area contributed by atoms with Gasteiger partial charge >= 0.3 is 0 Å².